The Morgan fingerprint density at radius 3 is 2.32 bits per heavy atom. The van der Waals surface area contributed by atoms with E-state index in [0.29, 0.717) is 6.54 Å². The number of amides is 1. The van der Waals surface area contributed by atoms with Crippen LogP contribution in [0.2, 0.25) is 0 Å². The van der Waals surface area contributed by atoms with Crippen molar-refractivity contribution >= 4 is 36.4 Å². The van der Waals surface area contributed by atoms with E-state index in [0.717, 1.165) is 13.1 Å². The van der Waals surface area contributed by atoms with Crippen LogP contribution in [0.4, 0.5) is 5.69 Å². The molecule has 6 heteroatoms. The van der Waals surface area contributed by atoms with Crippen LogP contribution >= 0.6 is 24.8 Å². The first kappa shape index (κ1) is 21.0. The van der Waals surface area contributed by atoms with Crippen LogP contribution in [0.1, 0.15) is 32.3 Å². The number of carbonyl (C=O) groups is 1. The molecule has 0 aromatic heterocycles. The van der Waals surface area contributed by atoms with Gasteiger partial charge in [-0.15, -0.1) is 24.8 Å². The SMILES string of the molecule is CN(Cc1ccccc1N1CCCC1)C(=O)C(C)(C)N.Cl.Cl. The Balaban J connectivity index is 0.00000220. The number of hydrogen-bond donors (Lipinski definition) is 1. The molecule has 0 atom stereocenters. The normalized spacial score (nSPS) is 14.1. The van der Waals surface area contributed by atoms with E-state index in [-0.39, 0.29) is 30.7 Å². The number of nitrogens with two attached hydrogens (primary N) is 1. The van der Waals surface area contributed by atoms with Crippen LogP contribution < -0.4 is 10.6 Å². The van der Waals surface area contributed by atoms with Crippen molar-refractivity contribution in [2.24, 2.45) is 5.73 Å². The lowest BCUT2D eigenvalue weighted by atomic mass is 10.0. The zero-order valence-corrected chi connectivity index (χ0v) is 15.2. The molecular weight excluding hydrogens is 321 g/mol. The van der Waals surface area contributed by atoms with E-state index < -0.39 is 5.54 Å². The molecule has 0 radical (unpaired) electrons. The third kappa shape index (κ3) is 5.04. The van der Waals surface area contributed by atoms with Gasteiger partial charge in [0.15, 0.2) is 0 Å². The average molecular weight is 348 g/mol. The summed E-state index contributed by atoms with van der Waals surface area (Å²) in [4.78, 5) is 16.3. The van der Waals surface area contributed by atoms with Crippen molar-refractivity contribution in [3.05, 3.63) is 29.8 Å². The number of hydrogen-bond acceptors (Lipinski definition) is 3. The van der Waals surface area contributed by atoms with Gasteiger partial charge in [0.25, 0.3) is 0 Å². The lowest BCUT2D eigenvalue weighted by Crippen LogP contribution is -2.49. The molecule has 1 saturated heterocycles. The molecule has 4 nitrogen and oxygen atoms in total. The standard InChI is InChI=1S/C16H25N3O.2ClH/c1-16(2,17)15(20)18(3)12-13-8-4-5-9-14(13)19-10-6-7-11-19;;/h4-5,8-9H,6-7,10-12,17H2,1-3H3;2*1H. The van der Waals surface area contributed by atoms with E-state index in [2.05, 4.69) is 23.1 Å². The van der Waals surface area contributed by atoms with Gasteiger partial charge >= 0.3 is 0 Å². The maximum absolute atomic E-state index is 12.2. The molecule has 1 amide bonds. The molecule has 1 aromatic carbocycles. The Labute approximate surface area is 145 Å². The highest BCUT2D eigenvalue weighted by molar-refractivity contribution is 5.86. The van der Waals surface area contributed by atoms with E-state index in [1.165, 1.54) is 24.1 Å². The maximum atomic E-state index is 12.2. The number of halogens is 2. The van der Waals surface area contributed by atoms with Gasteiger partial charge in [-0.25, -0.2) is 0 Å². The number of likely N-dealkylation sites (N-methyl/N-ethyl adjacent to an activating group) is 1. The Morgan fingerprint density at radius 2 is 1.77 bits per heavy atom. The molecule has 126 valence electrons. The zero-order valence-electron chi connectivity index (χ0n) is 13.5. The van der Waals surface area contributed by atoms with Gasteiger partial charge in [0, 0.05) is 32.4 Å². The summed E-state index contributed by atoms with van der Waals surface area (Å²) in [5.74, 6) is -0.0336. The van der Waals surface area contributed by atoms with Crippen molar-refractivity contribution < 1.29 is 4.79 Å². The minimum atomic E-state index is -0.822. The second kappa shape index (κ2) is 8.61. The minimum absolute atomic E-state index is 0. The third-order valence-electron chi connectivity index (χ3n) is 3.74. The highest BCUT2D eigenvalue weighted by Gasteiger charge is 2.26. The Kier molecular flexibility index (Phi) is 8.23. The van der Waals surface area contributed by atoms with Crippen LogP contribution in [0, 0.1) is 0 Å². The number of carbonyl (C=O) groups excluding carboxylic acids is 1. The first-order valence-corrected chi connectivity index (χ1v) is 7.27. The van der Waals surface area contributed by atoms with Crippen molar-refractivity contribution in [2.45, 2.75) is 38.8 Å². The minimum Gasteiger partial charge on any atom is -0.371 e. The topological polar surface area (TPSA) is 49.6 Å². The molecule has 1 aromatic rings. The molecule has 2 rings (SSSR count). The second-order valence-corrected chi connectivity index (χ2v) is 6.21. The fourth-order valence-electron chi connectivity index (χ4n) is 2.73. The average Bonchev–Trinajstić information content (AvgIpc) is 2.91. The molecule has 0 aliphatic carbocycles. The molecule has 22 heavy (non-hydrogen) atoms. The van der Waals surface area contributed by atoms with E-state index in [4.69, 9.17) is 5.73 Å². The van der Waals surface area contributed by atoms with Crippen molar-refractivity contribution in [3.8, 4) is 0 Å². The third-order valence-corrected chi connectivity index (χ3v) is 3.74. The van der Waals surface area contributed by atoms with Crippen LogP contribution in [0.5, 0.6) is 0 Å². The molecule has 1 aliphatic rings. The molecule has 0 bridgehead atoms. The van der Waals surface area contributed by atoms with Crippen LogP contribution in [-0.4, -0.2) is 36.5 Å². The van der Waals surface area contributed by atoms with Gasteiger partial charge in [-0.05, 0) is 38.3 Å². The van der Waals surface area contributed by atoms with Crippen LogP contribution in [0.3, 0.4) is 0 Å². The van der Waals surface area contributed by atoms with Gasteiger partial charge in [0.1, 0.15) is 0 Å². The summed E-state index contributed by atoms with van der Waals surface area (Å²) in [6.45, 7) is 6.32. The fourth-order valence-corrected chi connectivity index (χ4v) is 2.73. The lowest BCUT2D eigenvalue weighted by molar-refractivity contribution is -0.134. The fraction of sp³-hybridized carbons (Fsp3) is 0.562. The van der Waals surface area contributed by atoms with Gasteiger partial charge in [-0.3, -0.25) is 4.79 Å². The largest absolute Gasteiger partial charge is 0.371 e. The van der Waals surface area contributed by atoms with Gasteiger partial charge in [-0.1, -0.05) is 18.2 Å². The molecular formula is C16H27Cl2N3O. The summed E-state index contributed by atoms with van der Waals surface area (Å²) in [5, 5.41) is 0. The number of anilines is 1. The van der Waals surface area contributed by atoms with E-state index >= 15 is 0 Å². The summed E-state index contributed by atoms with van der Waals surface area (Å²) in [6.07, 6.45) is 2.50. The first-order chi connectivity index (χ1) is 9.39. The predicted octanol–water partition coefficient (Wildman–Crippen LogP) is 2.83. The second-order valence-electron chi connectivity index (χ2n) is 6.21. The summed E-state index contributed by atoms with van der Waals surface area (Å²) < 4.78 is 0. The number of para-hydroxylation sites is 1. The molecule has 0 unspecified atom stereocenters. The number of benzene rings is 1. The van der Waals surface area contributed by atoms with Crippen LogP contribution in [0.15, 0.2) is 24.3 Å². The Morgan fingerprint density at radius 1 is 1.23 bits per heavy atom. The Hall–Kier alpha value is -0.970. The summed E-state index contributed by atoms with van der Waals surface area (Å²) in [6, 6.07) is 8.33. The molecule has 2 N–H and O–H groups in total. The molecule has 1 heterocycles. The van der Waals surface area contributed by atoms with Gasteiger partial charge in [0.2, 0.25) is 5.91 Å². The summed E-state index contributed by atoms with van der Waals surface area (Å²) in [7, 11) is 1.82. The number of nitrogens with zero attached hydrogens (tertiary/aromatic N) is 2. The van der Waals surface area contributed by atoms with Gasteiger partial charge < -0.3 is 15.5 Å². The van der Waals surface area contributed by atoms with E-state index in [1.54, 1.807) is 18.7 Å². The first-order valence-electron chi connectivity index (χ1n) is 7.27. The molecule has 1 aliphatic heterocycles. The van der Waals surface area contributed by atoms with Crippen molar-refractivity contribution in [3.63, 3.8) is 0 Å². The monoisotopic (exact) mass is 347 g/mol. The highest BCUT2D eigenvalue weighted by Crippen LogP contribution is 2.25. The van der Waals surface area contributed by atoms with E-state index in [9.17, 15) is 4.79 Å². The van der Waals surface area contributed by atoms with Crippen LogP contribution in [0.25, 0.3) is 0 Å². The zero-order chi connectivity index (χ0) is 14.8. The summed E-state index contributed by atoms with van der Waals surface area (Å²) in [5.41, 5.74) is 7.51. The lowest BCUT2D eigenvalue weighted by Gasteiger charge is -2.28. The van der Waals surface area contributed by atoms with Gasteiger partial charge in [0.05, 0.1) is 5.54 Å². The summed E-state index contributed by atoms with van der Waals surface area (Å²) >= 11 is 0. The quantitative estimate of drug-likeness (QED) is 0.910. The molecule has 0 spiro atoms. The molecule has 1 fully saturated rings. The maximum Gasteiger partial charge on any atom is 0.242 e. The van der Waals surface area contributed by atoms with Crippen molar-refractivity contribution in [1.29, 1.82) is 0 Å². The van der Waals surface area contributed by atoms with Crippen molar-refractivity contribution in [1.82, 2.24) is 4.90 Å². The smallest absolute Gasteiger partial charge is 0.242 e. The van der Waals surface area contributed by atoms with E-state index in [1.807, 2.05) is 13.1 Å². The Bertz CT molecular complexity index is 483. The predicted molar refractivity (Wildman–Crippen MR) is 97.1 cm³/mol. The molecule has 0 saturated carbocycles. The number of rotatable bonds is 4. The van der Waals surface area contributed by atoms with Crippen LogP contribution in [-0.2, 0) is 11.3 Å². The van der Waals surface area contributed by atoms with Crippen molar-refractivity contribution in [2.75, 3.05) is 25.0 Å². The highest BCUT2D eigenvalue weighted by atomic mass is 35.5. The van der Waals surface area contributed by atoms with Gasteiger partial charge in [-0.2, -0.15) is 0 Å².